The summed E-state index contributed by atoms with van der Waals surface area (Å²) in [5.41, 5.74) is 2.55. The molecule has 0 spiro atoms. The maximum atomic E-state index is 12.2. The number of hydrogen-bond acceptors (Lipinski definition) is 5. The molecule has 0 radical (unpaired) electrons. The largest absolute Gasteiger partial charge is 0.393 e. The molecular weight excluding hydrogens is 398 g/mol. The van der Waals surface area contributed by atoms with Gasteiger partial charge in [0.25, 0.3) is 0 Å². The van der Waals surface area contributed by atoms with Gasteiger partial charge in [0.15, 0.2) is 5.96 Å². The van der Waals surface area contributed by atoms with E-state index in [0.29, 0.717) is 11.8 Å². The number of rotatable bonds is 2. The van der Waals surface area contributed by atoms with Gasteiger partial charge in [0, 0.05) is 31.6 Å². The van der Waals surface area contributed by atoms with Crippen LogP contribution in [0.4, 0.5) is 0 Å². The third-order valence-electron chi connectivity index (χ3n) is 10.6. The molecule has 2 N–H and O–H groups in total. The van der Waals surface area contributed by atoms with E-state index in [9.17, 15) is 10.2 Å². The number of allylic oxidation sites excluding steroid dienone is 3. The highest BCUT2D eigenvalue weighted by molar-refractivity contribution is 5.81. The van der Waals surface area contributed by atoms with E-state index in [1.807, 2.05) is 0 Å². The Morgan fingerprint density at radius 1 is 1.00 bits per heavy atom. The van der Waals surface area contributed by atoms with Crippen LogP contribution in [-0.4, -0.2) is 70.4 Å². The third kappa shape index (κ3) is 2.92. The van der Waals surface area contributed by atoms with Crippen LogP contribution in [0.1, 0.15) is 71.6 Å². The van der Waals surface area contributed by atoms with Gasteiger partial charge in [-0.3, -0.25) is 4.99 Å². The maximum absolute atomic E-state index is 12.2. The third-order valence-corrected chi connectivity index (χ3v) is 10.6. The fourth-order valence-corrected chi connectivity index (χ4v) is 8.52. The molecule has 0 aromatic heterocycles. The van der Waals surface area contributed by atoms with E-state index in [4.69, 9.17) is 4.99 Å². The van der Waals surface area contributed by atoms with Crippen molar-refractivity contribution in [2.45, 2.75) is 83.3 Å². The number of fused-ring (bicyclic) bond motifs is 6. The number of nitrogens with zero attached hydrogens (tertiary/aromatic N) is 3. The Bertz CT molecular complexity index is 880. The Morgan fingerprint density at radius 2 is 1.81 bits per heavy atom. The van der Waals surface area contributed by atoms with Gasteiger partial charge in [0.1, 0.15) is 0 Å². The Morgan fingerprint density at radius 3 is 2.69 bits per heavy atom. The van der Waals surface area contributed by atoms with Crippen molar-refractivity contribution in [3.8, 4) is 0 Å². The number of guanidine groups is 1. The van der Waals surface area contributed by atoms with Crippen molar-refractivity contribution in [2.24, 2.45) is 27.7 Å². The molecule has 0 amide bonds. The molecule has 5 nitrogen and oxygen atoms in total. The van der Waals surface area contributed by atoms with Crippen LogP contribution in [0.25, 0.3) is 0 Å². The van der Waals surface area contributed by atoms with Crippen molar-refractivity contribution in [3.63, 3.8) is 0 Å². The van der Waals surface area contributed by atoms with Crippen LogP contribution in [0.15, 0.2) is 28.3 Å². The second-order valence-corrected chi connectivity index (χ2v) is 12.1. The summed E-state index contributed by atoms with van der Waals surface area (Å²) >= 11 is 0. The minimum atomic E-state index is -0.653. The Balaban J connectivity index is 1.28. The summed E-state index contributed by atoms with van der Waals surface area (Å²) in [6, 6.07) is 0. The lowest BCUT2D eigenvalue weighted by molar-refractivity contribution is -0.0965. The first kappa shape index (κ1) is 21.2. The van der Waals surface area contributed by atoms with Gasteiger partial charge in [0.2, 0.25) is 0 Å². The lowest BCUT2D eigenvalue weighted by Gasteiger charge is -2.56. The van der Waals surface area contributed by atoms with Gasteiger partial charge >= 0.3 is 0 Å². The zero-order chi connectivity index (χ0) is 22.1. The van der Waals surface area contributed by atoms with Gasteiger partial charge in [-0.25, -0.2) is 0 Å². The molecule has 4 aliphatic carbocycles. The van der Waals surface area contributed by atoms with Gasteiger partial charge in [-0.1, -0.05) is 37.1 Å². The smallest absolute Gasteiger partial charge is 0.196 e. The highest BCUT2D eigenvalue weighted by Crippen LogP contribution is 2.66. The fourth-order valence-electron chi connectivity index (χ4n) is 8.52. The minimum absolute atomic E-state index is 0.0667. The van der Waals surface area contributed by atoms with Crippen molar-refractivity contribution in [1.29, 1.82) is 0 Å². The molecule has 4 fully saturated rings. The quantitative estimate of drug-likeness (QED) is 0.688. The molecule has 6 aliphatic rings. The van der Waals surface area contributed by atoms with Gasteiger partial charge in [-0.15, -0.1) is 0 Å². The zero-order valence-electron chi connectivity index (χ0n) is 20.0. The Kier molecular flexibility index (Phi) is 4.86. The molecule has 6 atom stereocenters. The van der Waals surface area contributed by atoms with Crippen molar-refractivity contribution >= 4 is 5.96 Å². The van der Waals surface area contributed by atoms with E-state index in [0.717, 1.165) is 90.0 Å². The molecule has 3 saturated carbocycles. The lowest BCUT2D eigenvalue weighted by atomic mass is 9.50. The molecule has 0 unspecified atom stereocenters. The first-order valence-electron chi connectivity index (χ1n) is 13.2. The van der Waals surface area contributed by atoms with Crippen LogP contribution in [0, 0.1) is 22.7 Å². The Labute approximate surface area is 193 Å². The van der Waals surface area contributed by atoms with Crippen molar-refractivity contribution < 1.29 is 10.2 Å². The van der Waals surface area contributed by atoms with Gasteiger partial charge in [-0.05, 0) is 75.0 Å². The molecule has 32 heavy (non-hydrogen) atoms. The number of aliphatic hydroxyl groups excluding tert-OH is 1. The monoisotopic (exact) mass is 439 g/mol. The number of aliphatic imine (C=N–C) groups is 1. The minimum Gasteiger partial charge on any atom is -0.393 e. The topological polar surface area (TPSA) is 59.3 Å². The Hall–Kier alpha value is -1.33. The number of aliphatic hydroxyl groups is 2. The first-order valence-corrected chi connectivity index (χ1v) is 13.2. The summed E-state index contributed by atoms with van der Waals surface area (Å²) in [4.78, 5) is 9.73. The summed E-state index contributed by atoms with van der Waals surface area (Å²) in [7, 11) is 0. The molecule has 176 valence electrons. The van der Waals surface area contributed by atoms with E-state index in [-0.39, 0.29) is 16.9 Å². The molecular formula is C27H41N3O2. The van der Waals surface area contributed by atoms with Gasteiger partial charge < -0.3 is 20.0 Å². The average Bonchev–Trinajstić information content (AvgIpc) is 3.05. The number of β-amino-alcohol motifs (C(OH)–C–C–N with tert-alkyl or cyclic N) is 1. The molecule has 6 rings (SSSR count). The summed E-state index contributed by atoms with van der Waals surface area (Å²) in [6.45, 7) is 9.76. The van der Waals surface area contributed by atoms with Crippen LogP contribution in [0.3, 0.4) is 0 Å². The summed E-state index contributed by atoms with van der Waals surface area (Å²) in [5, 5.41) is 22.5. The normalized spacial score (nSPS) is 45.8. The molecule has 0 bridgehead atoms. The fraction of sp³-hybridized carbons (Fsp3) is 0.815. The second kappa shape index (κ2) is 7.33. The van der Waals surface area contributed by atoms with Crippen molar-refractivity contribution in [3.05, 3.63) is 23.3 Å². The van der Waals surface area contributed by atoms with Crippen LogP contribution in [-0.2, 0) is 0 Å². The highest BCUT2D eigenvalue weighted by Gasteiger charge is 2.62. The molecule has 0 aromatic rings. The van der Waals surface area contributed by atoms with E-state index in [1.54, 1.807) is 5.57 Å². The van der Waals surface area contributed by atoms with Crippen molar-refractivity contribution in [2.75, 3.05) is 32.7 Å². The average molecular weight is 440 g/mol. The summed E-state index contributed by atoms with van der Waals surface area (Å²) in [6.07, 6.45) is 14.0. The highest BCUT2D eigenvalue weighted by atomic mass is 16.3. The summed E-state index contributed by atoms with van der Waals surface area (Å²) in [5.74, 6) is 2.21. The maximum Gasteiger partial charge on any atom is 0.196 e. The van der Waals surface area contributed by atoms with Crippen LogP contribution in [0.5, 0.6) is 0 Å². The zero-order valence-corrected chi connectivity index (χ0v) is 20.0. The predicted molar refractivity (Wildman–Crippen MR) is 127 cm³/mol. The van der Waals surface area contributed by atoms with Gasteiger partial charge in [-0.2, -0.15) is 0 Å². The second-order valence-electron chi connectivity index (χ2n) is 12.1. The number of hydrogen-bond donors (Lipinski definition) is 2. The predicted octanol–water partition coefficient (Wildman–Crippen LogP) is 3.73. The standard InChI is InChI=1S/C27H41N3O2/c1-25-10-7-20(31)17-19(25)5-6-21-22(25)8-11-26(2)23(21)9-12-27(26,32)18-30-16-4-15-29-14-3-13-28-24(29)30/h5-6,20,22-23,31-32H,3-4,7-18H2,1-2H3/t20-,22-,23-,25-,26-,27+/m0/s1. The molecule has 2 heterocycles. The van der Waals surface area contributed by atoms with Crippen LogP contribution >= 0.6 is 0 Å². The SMILES string of the molecule is C[C@]12CC[C@H](O)CC1=CC=C1[C@@H]2CC[C@@]2(C)[C@H]1CC[C@@]2(O)CN1CCCN2CCCN=C21. The molecule has 1 saturated heterocycles. The van der Waals surface area contributed by atoms with E-state index >= 15 is 0 Å². The molecule has 5 heteroatoms. The van der Waals surface area contributed by atoms with Crippen LogP contribution in [0.2, 0.25) is 0 Å². The van der Waals surface area contributed by atoms with E-state index in [1.165, 1.54) is 12.0 Å². The van der Waals surface area contributed by atoms with Gasteiger partial charge in [0.05, 0.1) is 18.2 Å². The van der Waals surface area contributed by atoms with E-state index < -0.39 is 5.60 Å². The van der Waals surface area contributed by atoms with Crippen LogP contribution < -0.4 is 0 Å². The van der Waals surface area contributed by atoms with Crippen molar-refractivity contribution in [1.82, 2.24) is 9.80 Å². The lowest BCUT2D eigenvalue weighted by Crippen LogP contribution is -2.60. The molecule has 0 aromatic carbocycles. The molecule has 2 aliphatic heterocycles. The van der Waals surface area contributed by atoms with E-state index in [2.05, 4.69) is 35.8 Å². The summed E-state index contributed by atoms with van der Waals surface area (Å²) < 4.78 is 0. The first-order chi connectivity index (χ1) is 15.3.